The lowest BCUT2D eigenvalue weighted by Gasteiger charge is -2.28. The number of likely N-dealkylation sites (tertiary alicyclic amines) is 1. The van der Waals surface area contributed by atoms with Crippen molar-refractivity contribution < 1.29 is 9.90 Å². The van der Waals surface area contributed by atoms with Crippen LogP contribution < -0.4 is 0 Å². The number of halogens is 1. The summed E-state index contributed by atoms with van der Waals surface area (Å²) in [6.07, 6.45) is 2.94. The smallest absolute Gasteiger partial charge is 0.182 e. The maximum Gasteiger partial charge on any atom is 0.182 e. The highest BCUT2D eigenvalue weighted by Gasteiger charge is 2.38. The lowest BCUT2D eigenvalue weighted by Crippen LogP contribution is -2.32. The Kier molecular flexibility index (Phi) is 9.38. The molecule has 0 radical (unpaired) electrons. The number of benzene rings is 2. The maximum absolute atomic E-state index is 13.5. The van der Waals surface area contributed by atoms with Gasteiger partial charge in [-0.15, -0.1) is 17.0 Å². The number of ketones is 1. The maximum atomic E-state index is 13.5. The van der Waals surface area contributed by atoms with E-state index in [-0.39, 0.29) is 51.8 Å². The molecule has 192 valence electrons. The van der Waals surface area contributed by atoms with Gasteiger partial charge in [-0.25, -0.2) is 0 Å². The van der Waals surface area contributed by atoms with Crippen LogP contribution in [0.1, 0.15) is 88.4 Å². The first-order valence-electron chi connectivity index (χ1n) is 12.6. The molecule has 1 saturated heterocycles. The lowest BCUT2D eigenvalue weighted by molar-refractivity contribution is 0.0963. The van der Waals surface area contributed by atoms with Gasteiger partial charge >= 0.3 is 0 Å². The molecule has 0 saturated carbocycles. The quantitative estimate of drug-likeness (QED) is 0.360. The number of Topliss-reactive ketones (excluding diaryl/α,β-unsaturated/α-hetero) is 1. The molecule has 1 heterocycles. The number of phenols is 1. The highest BCUT2D eigenvalue weighted by atomic mass is 79.9. The number of nitrogens with zero attached hydrogens (tertiary/aromatic N) is 1. The second-order valence-electron chi connectivity index (χ2n) is 12.0. The summed E-state index contributed by atoms with van der Waals surface area (Å²) >= 11 is 0. The standard InChI is InChI=1S/C30H42N2O2.BrH/c1-8-12-23-22(15-20-13-10-9-11-14-20)18-32(28(23)31)19-26(33)21-16-24(29(2,3)4)27(34)25(17-21)30(5,6)7;/h9-11,13-14,16-17,22-23,31,34H,8,12,15,18-19H2,1-7H3;1H. The van der Waals surface area contributed by atoms with Crippen LogP contribution in [-0.4, -0.2) is 34.7 Å². The van der Waals surface area contributed by atoms with Gasteiger partial charge in [0.25, 0.3) is 0 Å². The number of carbonyl (C=O) groups is 1. The van der Waals surface area contributed by atoms with E-state index in [1.165, 1.54) is 5.56 Å². The van der Waals surface area contributed by atoms with Crippen LogP contribution in [0, 0.1) is 17.2 Å². The van der Waals surface area contributed by atoms with E-state index in [0.29, 0.717) is 17.3 Å². The fraction of sp³-hybridized carbons (Fsp3) is 0.533. The average molecular weight is 544 g/mol. The molecule has 2 atom stereocenters. The van der Waals surface area contributed by atoms with Gasteiger partial charge in [-0.2, -0.15) is 0 Å². The van der Waals surface area contributed by atoms with Crippen molar-refractivity contribution in [2.24, 2.45) is 11.8 Å². The van der Waals surface area contributed by atoms with Crippen molar-refractivity contribution in [1.82, 2.24) is 4.90 Å². The van der Waals surface area contributed by atoms with Crippen LogP contribution >= 0.6 is 17.0 Å². The molecule has 0 aromatic heterocycles. The van der Waals surface area contributed by atoms with Gasteiger partial charge in [-0.1, -0.05) is 85.2 Å². The summed E-state index contributed by atoms with van der Waals surface area (Å²) in [6, 6.07) is 14.2. The Bertz CT molecular complexity index is 1000. The van der Waals surface area contributed by atoms with Crippen LogP contribution in [-0.2, 0) is 17.3 Å². The van der Waals surface area contributed by atoms with Crippen molar-refractivity contribution in [2.45, 2.75) is 78.6 Å². The van der Waals surface area contributed by atoms with Crippen molar-refractivity contribution in [2.75, 3.05) is 13.1 Å². The molecule has 0 spiro atoms. The molecule has 2 aromatic rings. The summed E-state index contributed by atoms with van der Waals surface area (Å²) < 4.78 is 0. The van der Waals surface area contributed by atoms with Crippen LogP contribution in [0.25, 0.3) is 0 Å². The number of carbonyl (C=O) groups excluding carboxylic acids is 1. The minimum Gasteiger partial charge on any atom is -0.507 e. The highest BCUT2D eigenvalue weighted by molar-refractivity contribution is 8.93. The monoisotopic (exact) mass is 542 g/mol. The van der Waals surface area contributed by atoms with Gasteiger partial charge < -0.3 is 10.0 Å². The molecule has 1 aliphatic heterocycles. The normalized spacial score (nSPS) is 18.5. The molecule has 2 N–H and O–H groups in total. The third kappa shape index (κ3) is 6.75. The van der Waals surface area contributed by atoms with Crippen LogP contribution in [0.15, 0.2) is 42.5 Å². The van der Waals surface area contributed by atoms with Gasteiger partial charge in [0.15, 0.2) is 5.78 Å². The third-order valence-corrected chi connectivity index (χ3v) is 7.04. The number of hydrogen-bond donors (Lipinski definition) is 2. The summed E-state index contributed by atoms with van der Waals surface area (Å²) in [5.74, 6) is 1.43. The van der Waals surface area contributed by atoms with Crippen LogP contribution in [0.3, 0.4) is 0 Å². The average Bonchev–Trinajstić information content (AvgIpc) is 3.02. The molecular formula is C30H43BrN2O2. The summed E-state index contributed by atoms with van der Waals surface area (Å²) in [5.41, 5.74) is 2.94. The van der Waals surface area contributed by atoms with E-state index in [1.54, 1.807) is 0 Å². The molecule has 0 aliphatic carbocycles. The summed E-state index contributed by atoms with van der Waals surface area (Å²) in [6.45, 7) is 15.5. The van der Waals surface area contributed by atoms with Crippen molar-refractivity contribution in [1.29, 1.82) is 5.41 Å². The Morgan fingerprint density at radius 2 is 1.57 bits per heavy atom. The fourth-order valence-corrected chi connectivity index (χ4v) is 5.13. The first-order valence-corrected chi connectivity index (χ1v) is 12.6. The molecule has 1 aliphatic rings. The third-order valence-electron chi connectivity index (χ3n) is 7.04. The predicted molar refractivity (Wildman–Crippen MR) is 151 cm³/mol. The van der Waals surface area contributed by atoms with Gasteiger partial charge in [-0.05, 0) is 47.3 Å². The molecule has 35 heavy (non-hydrogen) atoms. The number of rotatable bonds is 7. The molecule has 3 rings (SSSR count). The molecule has 2 aromatic carbocycles. The van der Waals surface area contributed by atoms with E-state index in [1.807, 2.05) is 23.1 Å². The van der Waals surface area contributed by atoms with E-state index < -0.39 is 0 Å². The molecule has 0 bridgehead atoms. The summed E-state index contributed by atoms with van der Waals surface area (Å²) in [4.78, 5) is 15.5. The molecule has 0 amide bonds. The van der Waals surface area contributed by atoms with Gasteiger partial charge in [0.2, 0.25) is 0 Å². The van der Waals surface area contributed by atoms with Gasteiger partial charge in [0, 0.05) is 29.2 Å². The van der Waals surface area contributed by atoms with Crippen LogP contribution in [0.2, 0.25) is 0 Å². The second kappa shape index (κ2) is 11.3. The Morgan fingerprint density at radius 3 is 2.06 bits per heavy atom. The van der Waals surface area contributed by atoms with Crippen molar-refractivity contribution in [3.05, 3.63) is 64.7 Å². The van der Waals surface area contributed by atoms with Crippen molar-refractivity contribution >= 4 is 28.6 Å². The zero-order chi connectivity index (χ0) is 25.3. The number of aromatic hydroxyl groups is 1. The largest absolute Gasteiger partial charge is 0.507 e. The topological polar surface area (TPSA) is 64.4 Å². The minimum absolute atomic E-state index is 0. The van der Waals surface area contributed by atoms with Gasteiger partial charge in [0.1, 0.15) is 5.75 Å². The first-order chi connectivity index (χ1) is 15.8. The van der Waals surface area contributed by atoms with E-state index in [0.717, 1.165) is 36.9 Å². The molecule has 1 fully saturated rings. The van der Waals surface area contributed by atoms with E-state index in [9.17, 15) is 9.90 Å². The Hall–Kier alpha value is -2.14. The second-order valence-corrected chi connectivity index (χ2v) is 12.0. The lowest BCUT2D eigenvalue weighted by atomic mass is 9.78. The molecule has 2 unspecified atom stereocenters. The highest BCUT2D eigenvalue weighted by Crippen LogP contribution is 2.40. The minimum atomic E-state index is -0.284. The Labute approximate surface area is 222 Å². The number of hydrogen-bond acceptors (Lipinski definition) is 3. The van der Waals surface area contributed by atoms with E-state index in [4.69, 9.17) is 5.41 Å². The van der Waals surface area contributed by atoms with Crippen molar-refractivity contribution in [3.63, 3.8) is 0 Å². The summed E-state index contributed by atoms with van der Waals surface area (Å²) in [7, 11) is 0. The van der Waals surface area contributed by atoms with Crippen LogP contribution in [0.5, 0.6) is 5.75 Å². The van der Waals surface area contributed by atoms with Crippen LogP contribution in [0.4, 0.5) is 0 Å². The zero-order valence-electron chi connectivity index (χ0n) is 22.4. The zero-order valence-corrected chi connectivity index (χ0v) is 24.2. The number of phenolic OH excluding ortho intramolecular Hbond substituents is 1. The van der Waals surface area contributed by atoms with Gasteiger partial charge in [-0.3, -0.25) is 10.2 Å². The summed E-state index contributed by atoms with van der Waals surface area (Å²) in [5, 5.41) is 19.9. The fourth-order valence-electron chi connectivity index (χ4n) is 5.13. The van der Waals surface area contributed by atoms with Gasteiger partial charge in [0.05, 0.1) is 12.4 Å². The first kappa shape index (κ1) is 29.1. The number of nitrogens with one attached hydrogen (secondary N) is 1. The van der Waals surface area contributed by atoms with E-state index >= 15 is 0 Å². The Balaban J connectivity index is 0.00000432. The predicted octanol–water partition coefficient (Wildman–Crippen LogP) is 7.32. The van der Waals surface area contributed by atoms with Crippen molar-refractivity contribution in [3.8, 4) is 5.75 Å². The SMILES string of the molecule is Br.CCCC1C(=N)N(CC(=O)c2cc(C(C)(C)C)c(O)c(C(C)(C)C)c2)CC1Cc1ccccc1. The Morgan fingerprint density at radius 1 is 1.03 bits per heavy atom. The molecule has 4 nitrogen and oxygen atoms in total. The number of amidine groups is 1. The molecular weight excluding hydrogens is 500 g/mol. The van der Waals surface area contributed by atoms with E-state index in [2.05, 4.69) is 72.7 Å². The molecule has 5 heteroatoms.